The van der Waals surface area contributed by atoms with Gasteiger partial charge in [0, 0.05) is 38.3 Å². The Labute approximate surface area is 179 Å². The Kier molecular flexibility index (Phi) is 6.94. The standard InChI is InChI=1S/C22H24F2N2O5/c1-14(31-16-5-7-18(23)19(24)12-16)21(27)25-8-10-26(11-9-25)22(28)17-6-4-15(29-2)13-20(17)30-3/h4-7,12-14H,8-11H2,1-3H3. The van der Waals surface area contributed by atoms with E-state index in [0.29, 0.717) is 43.2 Å². The van der Waals surface area contributed by atoms with E-state index in [1.807, 2.05) is 0 Å². The number of ether oxygens (including phenoxy) is 3. The molecule has 0 spiro atoms. The molecule has 0 bridgehead atoms. The molecular weight excluding hydrogens is 410 g/mol. The zero-order chi connectivity index (χ0) is 22.5. The van der Waals surface area contributed by atoms with E-state index in [2.05, 4.69) is 0 Å². The highest BCUT2D eigenvalue weighted by molar-refractivity contribution is 5.97. The molecule has 1 aliphatic rings. The van der Waals surface area contributed by atoms with Crippen LogP contribution in [0.2, 0.25) is 0 Å². The van der Waals surface area contributed by atoms with Crippen LogP contribution in [-0.2, 0) is 4.79 Å². The number of nitrogens with zero attached hydrogens (tertiary/aromatic N) is 2. The SMILES string of the molecule is COc1ccc(C(=O)N2CCN(C(=O)C(C)Oc3ccc(F)c(F)c3)CC2)c(OC)c1. The Morgan fingerprint density at radius 1 is 0.871 bits per heavy atom. The molecule has 7 nitrogen and oxygen atoms in total. The van der Waals surface area contributed by atoms with E-state index >= 15 is 0 Å². The number of benzene rings is 2. The first-order chi connectivity index (χ1) is 14.8. The van der Waals surface area contributed by atoms with Gasteiger partial charge in [-0.25, -0.2) is 8.78 Å². The summed E-state index contributed by atoms with van der Waals surface area (Å²) in [5.74, 6) is -1.45. The van der Waals surface area contributed by atoms with Gasteiger partial charge in [0.1, 0.15) is 17.2 Å². The van der Waals surface area contributed by atoms with Gasteiger partial charge in [-0.2, -0.15) is 0 Å². The summed E-state index contributed by atoms with van der Waals surface area (Å²) in [7, 11) is 3.01. The van der Waals surface area contributed by atoms with E-state index in [9.17, 15) is 18.4 Å². The summed E-state index contributed by atoms with van der Waals surface area (Å²) in [5, 5.41) is 0. The van der Waals surface area contributed by atoms with Crippen molar-refractivity contribution < 1.29 is 32.6 Å². The van der Waals surface area contributed by atoms with Crippen LogP contribution in [0.15, 0.2) is 36.4 Å². The zero-order valence-electron chi connectivity index (χ0n) is 17.6. The summed E-state index contributed by atoms with van der Waals surface area (Å²) in [6.45, 7) is 2.89. The van der Waals surface area contributed by atoms with Crippen LogP contribution < -0.4 is 14.2 Å². The van der Waals surface area contributed by atoms with Crippen LogP contribution in [0.1, 0.15) is 17.3 Å². The molecule has 2 aromatic rings. The molecule has 2 aromatic carbocycles. The van der Waals surface area contributed by atoms with Crippen molar-refractivity contribution in [3.05, 3.63) is 53.6 Å². The van der Waals surface area contributed by atoms with Crippen LogP contribution in [-0.4, -0.2) is 68.1 Å². The first kappa shape index (κ1) is 22.3. The van der Waals surface area contributed by atoms with Crippen LogP contribution in [0, 0.1) is 11.6 Å². The van der Waals surface area contributed by atoms with Gasteiger partial charge in [-0.05, 0) is 31.2 Å². The van der Waals surface area contributed by atoms with Gasteiger partial charge in [-0.15, -0.1) is 0 Å². The van der Waals surface area contributed by atoms with Crippen LogP contribution in [0.3, 0.4) is 0 Å². The van der Waals surface area contributed by atoms with E-state index in [1.165, 1.54) is 20.3 Å². The highest BCUT2D eigenvalue weighted by Gasteiger charge is 2.29. The van der Waals surface area contributed by atoms with E-state index < -0.39 is 17.7 Å². The van der Waals surface area contributed by atoms with Gasteiger partial charge >= 0.3 is 0 Å². The minimum Gasteiger partial charge on any atom is -0.497 e. The molecule has 1 heterocycles. The lowest BCUT2D eigenvalue weighted by atomic mass is 10.1. The predicted molar refractivity (Wildman–Crippen MR) is 108 cm³/mol. The first-order valence-corrected chi connectivity index (χ1v) is 9.76. The Morgan fingerprint density at radius 2 is 1.52 bits per heavy atom. The molecule has 1 unspecified atom stereocenters. The van der Waals surface area contributed by atoms with Crippen molar-refractivity contribution in [1.29, 1.82) is 0 Å². The maximum Gasteiger partial charge on any atom is 0.263 e. The highest BCUT2D eigenvalue weighted by atomic mass is 19.2. The topological polar surface area (TPSA) is 68.3 Å². The molecule has 31 heavy (non-hydrogen) atoms. The molecule has 0 radical (unpaired) electrons. The maximum absolute atomic E-state index is 13.3. The summed E-state index contributed by atoms with van der Waals surface area (Å²) in [4.78, 5) is 28.8. The van der Waals surface area contributed by atoms with Gasteiger partial charge in [0.2, 0.25) is 0 Å². The Morgan fingerprint density at radius 3 is 2.13 bits per heavy atom. The van der Waals surface area contributed by atoms with Crippen LogP contribution in [0.4, 0.5) is 8.78 Å². The molecular formula is C22H24F2N2O5. The molecule has 1 fully saturated rings. The smallest absolute Gasteiger partial charge is 0.263 e. The summed E-state index contributed by atoms with van der Waals surface area (Å²) >= 11 is 0. The molecule has 3 rings (SSSR count). The number of halogens is 2. The van der Waals surface area contributed by atoms with Gasteiger partial charge in [0.25, 0.3) is 11.8 Å². The van der Waals surface area contributed by atoms with Crippen molar-refractivity contribution in [2.45, 2.75) is 13.0 Å². The molecule has 0 aromatic heterocycles. The van der Waals surface area contributed by atoms with Crippen molar-refractivity contribution in [3.8, 4) is 17.2 Å². The average molecular weight is 434 g/mol. The monoisotopic (exact) mass is 434 g/mol. The molecule has 9 heteroatoms. The van der Waals surface area contributed by atoms with Crippen molar-refractivity contribution in [3.63, 3.8) is 0 Å². The normalized spacial score (nSPS) is 14.7. The maximum atomic E-state index is 13.3. The molecule has 0 N–H and O–H groups in total. The number of piperazine rings is 1. The predicted octanol–water partition coefficient (Wildman–Crippen LogP) is 2.73. The van der Waals surface area contributed by atoms with Crippen molar-refractivity contribution in [2.24, 2.45) is 0 Å². The number of rotatable bonds is 6. The van der Waals surface area contributed by atoms with E-state index in [-0.39, 0.29) is 17.6 Å². The van der Waals surface area contributed by atoms with Gasteiger partial charge in [-0.1, -0.05) is 0 Å². The second-order valence-electron chi connectivity index (χ2n) is 7.02. The fourth-order valence-corrected chi connectivity index (χ4v) is 3.34. The van der Waals surface area contributed by atoms with Crippen molar-refractivity contribution in [1.82, 2.24) is 9.80 Å². The Hall–Kier alpha value is -3.36. The van der Waals surface area contributed by atoms with Gasteiger partial charge in [0.05, 0.1) is 19.8 Å². The molecule has 0 aliphatic carbocycles. The number of amides is 2. The zero-order valence-corrected chi connectivity index (χ0v) is 17.6. The third-order valence-corrected chi connectivity index (χ3v) is 5.07. The van der Waals surface area contributed by atoms with Crippen LogP contribution in [0.5, 0.6) is 17.2 Å². The molecule has 0 saturated carbocycles. The molecule has 166 valence electrons. The lowest BCUT2D eigenvalue weighted by Gasteiger charge is -2.36. The number of hydrogen-bond acceptors (Lipinski definition) is 5. The number of methoxy groups -OCH3 is 2. The molecule has 1 aliphatic heterocycles. The number of hydrogen-bond donors (Lipinski definition) is 0. The van der Waals surface area contributed by atoms with Gasteiger partial charge in [-0.3, -0.25) is 9.59 Å². The first-order valence-electron chi connectivity index (χ1n) is 9.76. The molecule has 2 amide bonds. The second kappa shape index (κ2) is 9.63. The van der Waals surface area contributed by atoms with Crippen molar-refractivity contribution in [2.75, 3.05) is 40.4 Å². The third kappa shape index (κ3) is 5.04. The third-order valence-electron chi connectivity index (χ3n) is 5.07. The number of carbonyl (C=O) groups excluding carboxylic acids is 2. The fraction of sp³-hybridized carbons (Fsp3) is 0.364. The summed E-state index contributed by atoms with van der Waals surface area (Å²) in [6.07, 6.45) is -0.881. The Balaban J connectivity index is 1.59. The second-order valence-corrected chi connectivity index (χ2v) is 7.02. The van der Waals surface area contributed by atoms with Crippen LogP contribution >= 0.6 is 0 Å². The van der Waals surface area contributed by atoms with Crippen molar-refractivity contribution >= 4 is 11.8 Å². The summed E-state index contributed by atoms with van der Waals surface area (Å²) in [6, 6.07) is 8.09. The van der Waals surface area contributed by atoms with E-state index in [4.69, 9.17) is 14.2 Å². The van der Waals surface area contributed by atoms with Gasteiger partial charge in [0.15, 0.2) is 17.7 Å². The van der Waals surface area contributed by atoms with E-state index in [1.54, 1.807) is 34.9 Å². The fourth-order valence-electron chi connectivity index (χ4n) is 3.34. The lowest BCUT2D eigenvalue weighted by molar-refractivity contribution is -0.139. The largest absolute Gasteiger partial charge is 0.497 e. The lowest BCUT2D eigenvalue weighted by Crippen LogP contribution is -2.53. The highest BCUT2D eigenvalue weighted by Crippen LogP contribution is 2.26. The van der Waals surface area contributed by atoms with Crippen LogP contribution in [0.25, 0.3) is 0 Å². The quantitative estimate of drug-likeness (QED) is 0.700. The minimum absolute atomic E-state index is 0.0696. The summed E-state index contributed by atoms with van der Waals surface area (Å²) in [5.41, 5.74) is 0.415. The Bertz CT molecular complexity index is 961. The summed E-state index contributed by atoms with van der Waals surface area (Å²) < 4.78 is 42.3. The van der Waals surface area contributed by atoms with E-state index in [0.717, 1.165) is 12.1 Å². The average Bonchev–Trinajstić information content (AvgIpc) is 2.80. The molecule has 1 atom stereocenters. The van der Waals surface area contributed by atoms with Gasteiger partial charge < -0.3 is 24.0 Å². The minimum atomic E-state index is -1.04. The number of carbonyl (C=O) groups is 2. The molecule has 1 saturated heterocycles.